The first-order valence-electron chi connectivity index (χ1n) is 4.19. The molecule has 62 valence electrons. The predicted octanol–water partition coefficient (Wildman–Crippen LogP) is 0.102. The van der Waals surface area contributed by atoms with Gasteiger partial charge in [-0.3, -0.25) is 0 Å². The molecule has 0 aliphatic heterocycles. The van der Waals surface area contributed by atoms with Gasteiger partial charge in [0.05, 0.1) is 0 Å². The van der Waals surface area contributed by atoms with Gasteiger partial charge >= 0.3 is 62.7 Å². The fourth-order valence-corrected chi connectivity index (χ4v) is 0.677. The first kappa shape index (κ1) is 14.1. The van der Waals surface area contributed by atoms with Crippen molar-refractivity contribution in [3.05, 3.63) is 0 Å². The van der Waals surface area contributed by atoms with Crippen LogP contribution >= 0.6 is 0 Å². The number of unbranched alkanes of at least 4 members (excludes halogenated alkanes) is 3. The van der Waals surface area contributed by atoms with E-state index < -0.39 is 7.32 Å². The van der Waals surface area contributed by atoms with Gasteiger partial charge in [0.25, 0.3) is 0 Å². The van der Waals surface area contributed by atoms with Crippen molar-refractivity contribution in [2.45, 2.75) is 37.7 Å². The van der Waals surface area contributed by atoms with Crippen molar-refractivity contribution >= 4 is 25.0 Å². The second-order valence-electron chi connectivity index (χ2n) is 2.41. The van der Waals surface area contributed by atoms with Crippen molar-refractivity contribution in [1.29, 1.82) is 0 Å². The summed E-state index contributed by atoms with van der Waals surface area (Å²) in [7, 11) is -2.17. The normalized spacial score (nSPS) is 8.55. The van der Waals surface area contributed by atoms with Gasteiger partial charge < -0.3 is 15.1 Å². The molecule has 0 bridgehead atoms. The van der Waals surface area contributed by atoms with E-state index in [2.05, 4.69) is 24.6 Å². The van der Waals surface area contributed by atoms with Crippen LogP contribution in [-0.2, 0) is 0 Å². The van der Waals surface area contributed by atoms with Crippen LogP contribution in [-0.4, -0.2) is 40.1 Å². The summed E-state index contributed by atoms with van der Waals surface area (Å²) in [6.45, 7) is 2.25. The van der Waals surface area contributed by atoms with E-state index in [0.29, 0.717) is 0 Å². The molecule has 0 amide bonds. The average Bonchev–Trinajstić information content (AvgIpc) is 1.88. The molecule has 0 spiro atoms. The first-order valence-corrected chi connectivity index (χ1v) is 4.19. The molecule has 0 heterocycles. The molecule has 0 saturated carbocycles. The summed E-state index contributed by atoms with van der Waals surface area (Å²) < 4.78 is 0. The van der Waals surface area contributed by atoms with Gasteiger partial charge in [0, 0.05) is 0 Å². The van der Waals surface area contributed by atoms with Crippen LogP contribution in [0.5, 0.6) is 0 Å². The standard InChI is InChI=1S/C6H13.BH3O3.Li/c1-3-5-6-4-2;2-1(3)4;/h1,3-6H2,2H3;2-4H;. The zero-order valence-corrected chi connectivity index (χ0v) is 7.45. The van der Waals surface area contributed by atoms with Crippen LogP contribution in [0.4, 0.5) is 0 Å². The van der Waals surface area contributed by atoms with E-state index in [0.717, 1.165) is 0 Å². The van der Waals surface area contributed by atoms with Crippen molar-refractivity contribution < 1.29 is 15.1 Å². The van der Waals surface area contributed by atoms with E-state index in [1.165, 1.54) is 30.8 Å². The van der Waals surface area contributed by atoms with Crippen LogP contribution in [0.25, 0.3) is 0 Å². The zero-order chi connectivity index (χ0) is 9.11. The topological polar surface area (TPSA) is 60.7 Å². The van der Waals surface area contributed by atoms with E-state index >= 15 is 0 Å². The second-order valence-corrected chi connectivity index (χ2v) is 2.41. The van der Waals surface area contributed by atoms with Gasteiger partial charge in [0.15, 0.2) is 0 Å². The molecule has 0 aromatic heterocycles. The van der Waals surface area contributed by atoms with Crippen LogP contribution in [0, 0.1) is 0 Å². The number of rotatable bonds is 4. The summed E-state index contributed by atoms with van der Waals surface area (Å²) in [4.78, 5) is 0. The number of hydrogen-bond acceptors (Lipinski definition) is 3. The van der Waals surface area contributed by atoms with Crippen molar-refractivity contribution in [1.82, 2.24) is 0 Å². The Morgan fingerprint density at radius 2 is 1.55 bits per heavy atom. The molecule has 11 heavy (non-hydrogen) atoms. The Morgan fingerprint density at radius 1 is 1.09 bits per heavy atom. The van der Waals surface area contributed by atoms with Crippen molar-refractivity contribution in [3.63, 3.8) is 0 Å². The molecule has 5 heteroatoms. The summed E-state index contributed by atoms with van der Waals surface area (Å²) in [6.07, 6.45) is 5.65. The molecule has 0 atom stereocenters. The Morgan fingerprint density at radius 3 is 1.82 bits per heavy atom. The van der Waals surface area contributed by atoms with Gasteiger partial charge in [-0.1, -0.05) is 0 Å². The third-order valence-corrected chi connectivity index (χ3v) is 1.21. The molecular formula is C6H16BLiO3. The van der Waals surface area contributed by atoms with E-state index in [9.17, 15) is 0 Å². The Balaban J connectivity index is 0. The molecule has 0 aliphatic carbocycles. The molecular weight excluding hydrogens is 138 g/mol. The van der Waals surface area contributed by atoms with Crippen LogP contribution < -0.4 is 0 Å². The van der Waals surface area contributed by atoms with E-state index in [1.54, 1.807) is 0 Å². The Labute approximate surface area is 78.2 Å². The average molecular weight is 154 g/mol. The molecule has 3 N–H and O–H groups in total. The Bertz CT molecular complexity index is 57.0. The maximum atomic E-state index is 7.17. The molecule has 0 aliphatic rings. The first-order chi connectivity index (χ1) is 5.15. The van der Waals surface area contributed by atoms with Gasteiger partial charge in [-0.2, -0.15) is 0 Å². The number of hydrogen-bond donors (Lipinski definition) is 3. The van der Waals surface area contributed by atoms with Crippen LogP contribution in [0.1, 0.15) is 32.6 Å². The minimum absolute atomic E-state index is 1.36. The van der Waals surface area contributed by atoms with Crippen LogP contribution in [0.15, 0.2) is 0 Å². The minimum atomic E-state index is -2.17. The third kappa shape index (κ3) is 37.3. The monoisotopic (exact) mass is 154 g/mol. The maximum absolute atomic E-state index is 7.17. The van der Waals surface area contributed by atoms with Gasteiger partial charge in [-0.15, -0.1) is 0 Å². The second kappa shape index (κ2) is 13.2. The molecule has 0 aromatic rings. The molecule has 0 radical (unpaired) electrons. The van der Waals surface area contributed by atoms with E-state index in [4.69, 9.17) is 15.1 Å². The van der Waals surface area contributed by atoms with Crippen LogP contribution in [0.2, 0.25) is 5.09 Å². The van der Waals surface area contributed by atoms with Gasteiger partial charge in [-0.05, 0) is 0 Å². The van der Waals surface area contributed by atoms with Gasteiger partial charge in [0.1, 0.15) is 0 Å². The van der Waals surface area contributed by atoms with Crippen molar-refractivity contribution in [3.8, 4) is 0 Å². The van der Waals surface area contributed by atoms with Gasteiger partial charge in [-0.25, -0.2) is 0 Å². The van der Waals surface area contributed by atoms with E-state index in [1.807, 2.05) is 0 Å². The van der Waals surface area contributed by atoms with Gasteiger partial charge in [0.2, 0.25) is 0 Å². The summed E-state index contributed by atoms with van der Waals surface area (Å²) in [5, 5.41) is 22.9. The predicted molar refractivity (Wildman–Crippen MR) is 47.1 cm³/mol. The SMILES string of the molecule is OB(O)O.[Li][CH2]CCCCC. The molecule has 3 nitrogen and oxygen atoms in total. The molecule has 0 rings (SSSR count). The summed E-state index contributed by atoms with van der Waals surface area (Å²) in [6, 6.07) is 0. The summed E-state index contributed by atoms with van der Waals surface area (Å²) >= 11 is 2.25. The fraction of sp³-hybridized carbons (Fsp3) is 1.00. The Hall–Kier alpha value is 0.542. The third-order valence-electron chi connectivity index (χ3n) is 1.21. The van der Waals surface area contributed by atoms with E-state index in [-0.39, 0.29) is 0 Å². The molecule has 0 fully saturated rings. The summed E-state index contributed by atoms with van der Waals surface area (Å²) in [5.74, 6) is 0. The fourth-order valence-electron chi connectivity index (χ4n) is 0.677. The van der Waals surface area contributed by atoms with Crippen LogP contribution in [0.3, 0.4) is 0 Å². The summed E-state index contributed by atoms with van der Waals surface area (Å²) in [5.41, 5.74) is 0. The molecule has 0 unspecified atom stereocenters. The molecule has 0 saturated heterocycles. The van der Waals surface area contributed by atoms with Crippen molar-refractivity contribution in [2.24, 2.45) is 0 Å². The quantitative estimate of drug-likeness (QED) is 0.397. The zero-order valence-electron chi connectivity index (χ0n) is 7.45. The molecule has 0 aromatic carbocycles. The Kier molecular flexibility index (Phi) is 16.8. The van der Waals surface area contributed by atoms with Crippen molar-refractivity contribution in [2.75, 3.05) is 0 Å².